The number of carbonyl (C=O) groups excluding carboxylic acids is 4. The normalized spacial score (nSPS) is 18.2. The summed E-state index contributed by atoms with van der Waals surface area (Å²) in [6, 6.07) is 9.35. The third kappa shape index (κ3) is 7.14. The van der Waals surface area contributed by atoms with Crippen molar-refractivity contribution in [3.05, 3.63) is 99.7 Å². The summed E-state index contributed by atoms with van der Waals surface area (Å²) < 4.78 is 20.1. The molecule has 3 aromatic heterocycles. The maximum Gasteiger partial charge on any atom is 0.273 e. The molecular formula is C30H30FN7O5S. The predicted molar refractivity (Wildman–Crippen MR) is 157 cm³/mol. The van der Waals surface area contributed by atoms with Crippen molar-refractivity contribution in [2.24, 2.45) is 5.92 Å². The zero-order valence-corrected chi connectivity index (χ0v) is 24.8. The molecule has 1 aromatic carbocycles. The van der Waals surface area contributed by atoms with Crippen molar-refractivity contribution in [1.82, 2.24) is 35.8 Å². The van der Waals surface area contributed by atoms with Gasteiger partial charge in [-0.3, -0.25) is 24.2 Å². The van der Waals surface area contributed by atoms with Crippen molar-refractivity contribution in [2.45, 2.75) is 32.4 Å². The minimum absolute atomic E-state index is 0.0417. The van der Waals surface area contributed by atoms with E-state index in [2.05, 4.69) is 30.9 Å². The van der Waals surface area contributed by atoms with E-state index in [1.54, 1.807) is 5.38 Å². The van der Waals surface area contributed by atoms with Crippen LogP contribution in [0.3, 0.4) is 0 Å². The smallest absolute Gasteiger partial charge is 0.273 e. The maximum absolute atomic E-state index is 14.5. The van der Waals surface area contributed by atoms with E-state index in [-0.39, 0.29) is 41.8 Å². The first-order valence-electron chi connectivity index (χ1n) is 13.9. The molecule has 0 aliphatic carbocycles. The Labute approximate surface area is 256 Å². The molecule has 44 heavy (non-hydrogen) atoms. The number of thiazole rings is 1. The second-order valence-corrected chi connectivity index (χ2v) is 11.4. The zero-order chi connectivity index (χ0) is 31.2. The number of rotatable bonds is 4. The van der Waals surface area contributed by atoms with Gasteiger partial charge < -0.3 is 25.3 Å². The molecule has 4 aromatic rings. The van der Waals surface area contributed by atoms with Gasteiger partial charge in [-0.15, -0.1) is 11.3 Å². The van der Waals surface area contributed by atoms with Gasteiger partial charge in [0.1, 0.15) is 23.0 Å². The third-order valence-electron chi connectivity index (χ3n) is 6.94. The molecular weight excluding hydrogens is 589 g/mol. The van der Waals surface area contributed by atoms with Gasteiger partial charge in [0, 0.05) is 31.1 Å². The number of benzene rings is 1. The highest BCUT2D eigenvalue weighted by Crippen LogP contribution is 2.26. The Kier molecular flexibility index (Phi) is 9.38. The third-order valence-corrected chi connectivity index (χ3v) is 7.86. The van der Waals surface area contributed by atoms with Gasteiger partial charge in [0.15, 0.2) is 11.5 Å². The number of carbonyl (C=O) groups is 4. The number of pyridine rings is 1. The van der Waals surface area contributed by atoms with Crippen LogP contribution in [-0.2, 0) is 11.2 Å². The first kappa shape index (κ1) is 30.5. The van der Waals surface area contributed by atoms with E-state index >= 15 is 0 Å². The molecule has 14 heteroatoms. The molecule has 0 unspecified atom stereocenters. The number of nitrogens with zero attached hydrogens (tertiary/aromatic N) is 4. The zero-order valence-electron chi connectivity index (χ0n) is 24.0. The molecule has 3 N–H and O–H groups in total. The van der Waals surface area contributed by atoms with E-state index < -0.39 is 48.1 Å². The van der Waals surface area contributed by atoms with Gasteiger partial charge in [-0.05, 0) is 17.5 Å². The van der Waals surface area contributed by atoms with Crippen LogP contribution in [-0.4, -0.2) is 63.1 Å². The fourth-order valence-electron chi connectivity index (χ4n) is 4.64. The fourth-order valence-corrected chi connectivity index (χ4v) is 5.66. The van der Waals surface area contributed by atoms with Crippen LogP contribution in [0.5, 0.6) is 0 Å². The average Bonchev–Trinajstić information content (AvgIpc) is 3.70. The fraction of sp³-hybridized carbons (Fsp3) is 0.300. The minimum Gasteiger partial charge on any atom is -0.446 e. The number of hydrogen-bond donors (Lipinski definition) is 3. The molecule has 2 atom stereocenters. The summed E-state index contributed by atoms with van der Waals surface area (Å²) in [5, 5.41) is 10.6. The lowest BCUT2D eigenvalue weighted by Gasteiger charge is -2.25. The lowest BCUT2D eigenvalue weighted by atomic mass is 10.0. The summed E-state index contributed by atoms with van der Waals surface area (Å²) in [6.07, 6.45) is 3.70. The van der Waals surface area contributed by atoms with Gasteiger partial charge in [0.05, 0.1) is 24.3 Å². The average molecular weight is 620 g/mol. The van der Waals surface area contributed by atoms with Crippen molar-refractivity contribution >= 4 is 35.0 Å². The van der Waals surface area contributed by atoms with Crippen LogP contribution >= 0.6 is 11.3 Å². The Bertz CT molecular complexity index is 1660. The number of fused-ring (bicyclic) bond motifs is 4. The molecule has 4 amide bonds. The highest BCUT2D eigenvalue weighted by Gasteiger charge is 2.29. The topological polar surface area (TPSA) is 159 Å². The van der Waals surface area contributed by atoms with E-state index in [0.717, 1.165) is 16.7 Å². The van der Waals surface area contributed by atoms with Crippen LogP contribution in [0.25, 0.3) is 0 Å². The predicted octanol–water partition coefficient (Wildman–Crippen LogP) is 3.08. The van der Waals surface area contributed by atoms with E-state index in [9.17, 15) is 23.6 Å². The van der Waals surface area contributed by atoms with Crippen LogP contribution < -0.4 is 16.0 Å². The molecule has 1 aliphatic rings. The van der Waals surface area contributed by atoms with Crippen molar-refractivity contribution < 1.29 is 28.0 Å². The highest BCUT2D eigenvalue weighted by atomic mass is 32.1. The van der Waals surface area contributed by atoms with Gasteiger partial charge in [0.2, 0.25) is 11.8 Å². The van der Waals surface area contributed by atoms with E-state index in [1.807, 2.05) is 44.2 Å². The Hall–Kier alpha value is -4.98. The molecule has 228 valence electrons. The molecule has 1 aliphatic heterocycles. The van der Waals surface area contributed by atoms with Gasteiger partial charge in [0.25, 0.3) is 17.7 Å². The largest absolute Gasteiger partial charge is 0.446 e. The number of amides is 4. The highest BCUT2D eigenvalue weighted by molar-refractivity contribution is 7.09. The molecule has 0 radical (unpaired) electrons. The SMILES string of the molecule is CC(C)[C@@H]1NC(=O)CN(C(=O)c2ccncc2F)CCNC(=O)c2coc(n2)[C@H](Cc2ccccc2)NC(=O)c2csc1n2. The molecule has 0 spiro atoms. The van der Waals surface area contributed by atoms with Crippen LogP contribution in [0.2, 0.25) is 0 Å². The van der Waals surface area contributed by atoms with E-state index in [0.29, 0.717) is 11.4 Å². The summed E-state index contributed by atoms with van der Waals surface area (Å²) in [5.41, 5.74) is 0.738. The second kappa shape index (κ2) is 13.5. The summed E-state index contributed by atoms with van der Waals surface area (Å²) in [6.45, 7) is 3.18. The molecule has 0 fully saturated rings. The number of oxazole rings is 1. The first-order chi connectivity index (χ1) is 21.2. The second-order valence-electron chi connectivity index (χ2n) is 10.5. The van der Waals surface area contributed by atoms with Crippen molar-refractivity contribution in [3.8, 4) is 0 Å². The molecule has 4 heterocycles. The van der Waals surface area contributed by atoms with Gasteiger partial charge in [-0.1, -0.05) is 44.2 Å². The summed E-state index contributed by atoms with van der Waals surface area (Å²) in [7, 11) is 0. The summed E-state index contributed by atoms with van der Waals surface area (Å²) >= 11 is 1.21. The Balaban J connectivity index is 1.48. The number of nitrogens with one attached hydrogen (secondary N) is 3. The van der Waals surface area contributed by atoms with Crippen LogP contribution in [0.15, 0.2) is 64.9 Å². The van der Waals surface area contributed by atoms with Crippen molar-refractivity contribution in [1.29, 1.82) is 0 Å². The maximum atomic E-state index is 14.5. The monoisotopic (exact) mass is 619 g/mol. The van der Waals surface area contributed by atoms with Crippen molar-refractivity contribution in [2.75, 3.05) is 19.6 Å². The van der Waals surface area contributed by atoms with E-state index in [1.165, 1.54) is 29.9 Å². The summed E-state index contributed by atoms with van der Waals surface area (Å²) in [5.74, 6) is -3.18. The number of hydrogen-bond acceptors (Lipinski definition) is 9. The van der Waals surface area contributed by atoms with Gasteiger partial charge >= 0.3 is 0 Å². The Morgan fingerprint density at radius 2 is 1.89 bits per heavy atom. The lowest BCUT2D eigenvalue weighted by molar-refractivity contribution is -0.122. The van der Waals surface area contributed by atoms with Gasteiger partial charge in [-0.2, -0.15) is 0 Å². The van der Waals surface area contributed by atoms with Crippen LogP contribution in [0.1, 0.15) is 73.7 Å². The van der Waals surface area contributed by atoms with E-state index in [4.69, 9.17) is 4.42 Å². The number of halogens is 1. The molecule has 0 saturated heterocycles. The Morgan fingerprint density at radius 3 is 2.64 bits per heavy atom. The molecule has 0 saturated carbocycles. The lowest BCUT2D eigenvalue weighted by Crippen LogP contribution is -2.45. The first-order valence-corrected chi connectivity index (χ1v) is 14.8. The quantitative estimate of drug-likeness (QED) is 0.314. The van der Waals surface area contributed by atoms with Crippen LogP contribution in [0, 0.1) is 11.7 Å². The van der Waals surface area contributed by atoms with Crippen LogP contribution in [0.4, 0.5) is 4.39 Å². The Morgan fingerprint density at radius 1 is 1.09 bits per heavy atom. The minimum atomic E-state index is -0.838. The molecule has 5 rings (SSSR count). The van der Waals surface area contributed by atoms with Gasteiger partial charge in [-0.25, -0.2) is 14.4 Å². The summed E-state index contributed by atoms with van der Waals surface area (Å²) in [4.78, 5) is 66.5. The molecule has 12 nitrogen and oxygen atoms in total. The standard InChI is InChI=1S/C30H30FN7O5S/c1-17(2)25-29-36-23(16-44-29)27(41)34-21(12-18-6-4-3-5-7-18)28-35-22(15-43-28)26(40)33-10-11-38(14-24(39)37-25)30(42)19-8-9-32-13-20(19)31/h3-9,13,15-17,21,25H,10-12,14H2,1-2H3,(H,33,40)(H,34,41)(H,37,39)/t21-,25-/m0/s1. The van der Waals surface area contributed by atoms with Crippen molar-refractivity contribution in [3.63, 3.8) is 0 Å². The number of aromatic nitrogens is 3. The molecule has 4 bridgehead atoms.